The number of esters is 1. The Bertz CT molecular complexity index is 414. The summed E-state index contributed by atoms with van der Waals surface area (Å²) in [4.78, 5) is 22.6. The molecule has 0 heterocycles. The zero-order valence-electron chi connectivity index (χ0n) is 12.0. The predicted octanol–water partition coefficient (Wildman–Crippen LogP) is 0.659. The Hall–Kier alpha value is -1.11. The molecule has 0 radical (unpaired) electrons. The normalized spacial score (nSPS) is 12.0. The minimum absolute atomic E-state index is 0.248. The fraction of sp³-hybridized carbons (Fsp3) is 0.833. The summed E-state index contributed by atoms with van der Waals surface area (Å²) in [6, 6.07) is 0. The molecular formula is C12H23NO5S. The third kappa shape index (κ3) is 6.04. The lowest BCUT2D eigenvalue weighted by molar-refractivity contribution is -0.140. The Labute approximate surface area is 114 Å². The van der Waals surface area contributed by atoms with Gasteiger partial charge < -0.3 is 10.1 Å². The number of ether oxygens (including phenoxy) is 1. The number of carbonyl (C=O) groups excluding carboxylic acids is 2. The summed E-state index contributed by atoms with van der Waals surface area (Å²) in [5.74, 6) is -0.745. The second-order valence-electron chi connectivity index (χ2n) is 4.93. The van der Waals surface area contributed by atoms with Crippen LogP contribution >= 0.6 is 0 Å². The van der Waals surface area contributed by atoms with Crippen molar-refractivity contribution in [3.63, 3.8) is 0 Å². The molecule has 0 aromatic rings. The van der Waals surface area contributed by atoms with Gasteiger partial charge in [0.2, 0.25) is 5.91 Å². The Balaban J connectivity index is 3.91. The van der Waals surface area contributed by atoms with Crippen molar-refractivity contribution in [3.05, 3.63) is 0 Å². The van der Waals surface area contributed by atoms with Crippen molar-refractivity contribution in [3.8, 4) is 0 Å². The summed E-state index contributed by atoms with van der Waals surface area (Å²) in [5, 5.41) is 2.60. The van der Waals surface area contributed by atoms with E-state index in [-0.39, 0.29) is 5.97 Å². The number of hydrogen-bond donors (Lipinski definition) is 1. The molecule has 19 heavy (non-hydrogen) atoms. The van der Waals surface area contributed by atoms with E-state index >= 15 is 0 Å². The van der Waals surface area contributed by atoms with Gasteiger partial charge in [0.15, 0.2) is 9.84 Å². The monoisotopic (exact) mass is 293 g/mol. The maximum Gasteiger partial charge on any atom is 0.305 e. The molecule has 0 rings (SSSR count). The molecule has 0 aliphatic rings. The number of hydrogen-bond acceptors (Lipinski definition) is 5. The zero-order valence-corrected chi connectivity index (χ0v) is 12.8. The van der Waals surface area contributed by atoms with Crippen molar-refractivity contribution in [1.29, 1.82) is 0 Å². The quantitative estimate of drug-likeness (QED) is 0.524. The molecule has 1 amide bonds. The fourth-order valence-electron chi connectivity index (χ4n) is 1.26. The van der Waals surface area contributed by atoms with E-state index in [1.54, 1.807) is 0 Å². The number of methoxy groups -OCH3 is 1. The molecule has 7 heteroatoms. The molecular weight excluding hydrogens is 270 g/mol. The van der Waals surface area contributed by atoms with Crippen molar-refractivity contribution in [1.82, 2.24) is 5.32 Å². The summed E-state index contributed by atoms with van der Waals surface area (Å²) >= 11 is 0. The lowest BCUT2D eigenvalue weighted by Gasteiger charge is -2.21. The number of amides is 1. The minimum atomic E-state index is -3.44. The van der Waals surface area contributed by atoms with Gasteiger partial charge in [-0.25, -0.2) is 8.42 Å². The first-order valence-corrected chi connectivity index (χ1v) is 8.06. The summed E-state index contributed by atoms with van der Waals surface area (Å²) in [6.45, 7) is 3.17. The van der Waals surface area contributed by atoms with Crippen LogP contribution in [0.15, 0.2) is 0 Å². The first-order valence-electron chi connectivity index (χ1n) is 6.17. The van der Waals surface area contributed by atoms with Gasteiger partial charge in [-0.2, -0.15) is 0 Å². The third-order valence-electron chi connectivity index (χ3n) is 3.04. The molecule has 0 unspecified atom stereocenters. The zero-order chi connectivity index (χ0) is 15.1. The second kappa shape index (κ2) is 7.47. The van der Waals surface area contributed by atoms with Crippen LogP contribution < -0.4 is 5.32 Å². The molecule has 0 aromatic carbocycles. The Morgan fingerprint density at radius 1 is 1.16 bits per heavy atom. The number of carbonyl (C=O) groups is 2. The summed E-state index contributed by atoms with van der Waals surface area (Å²) in [5.41, 5.74) is 0. The van der Waals surface area contributed by atoms with E-state index < -0.39 is 20.5 Å². The van der Waals surface area contributed by atoms with Crippen molar-refractivity contribution in [2.75, 3.05) is 19.9 Å². The van der Waals surface area contributed by atoms with Gasteiger partial charge in [0.05, 0.1) is 7.11 Å². The van der Waals surface area contributed by atoms with Gasteiger partial charge >= 0.3 is 5.97 Å². The molecule has 0 fully saturated rings. The van der Waals surface area contributed by atoms with E-state index in [9.17, 15) is 18.0 Å². The van der Waals surface area contributed by atoms with Crippen molar-refractivity contribution in [2.24, 2.45) is 0 Å². The smallest absolute Gasteiger partial charge is 0.305 e. The fourth-order valence-corrected chi connectivity index (χ4v) is 1.67. The van der Waals surface area contributed by atoms with E-state index in [4.69, 9.17) is 0 Å². The summed E-state index contributed by atoms with van der Waals surface area (Å²) in [6.07, 6.45) is 3.57. The first kappa shape index (κ1) is 17.9. The second-order valence-corrected chi connectivity index (χ2v) is 7.49. The van der Waals surface area contributed by atoms with Crippen molar-refractivity contribution < 1.29 is 22.7 Å². The standard InChI is InChI=1S/C12H23NO5S/c1-12(2,19(4,16)17)11(15)13-9-7-5-6-8-10(14)18-3/h5-9H2,1-4H3,(H,13,15). The molecule has 0 spiro atoms. The van der Waals surface area contributed by atoms with Crippen LogP contribution in [0, 0.1) is 0 Å². The molecule has 0 aliphatic carbocycles. The predicted molar refractivity (Wildman–Crippen MR) is 72.4 cm³/mol. The highest BCUT2D eigenvalue weighted by Gasteiger charge is 2.37. The molecule has 0 saturated carbocycles. The van der Waals surface area contributed by atoms with Crippen LogP contribution in [-0.4, -0.2) is 45.0 Å². The topological polar surface area (TPSA) is 89.5 Å². The highest BCUT2D eigenvalue weighted by molar-refractivity contribution is 7.92. The van der Waals surface area contributed by atoms with E-state index in [2.05, 4.69) is 10.1 Å². The first-order chi connectivity index (χ1) is 8.63. The lowest BCUT2D eigenvalue weighted by Crippen LogP contribution is -2.47. The van der Waals surface area contributed by atoms with E-state index in [1.165, 1.54) is 21.0 Å². The van der Waals surface area contributed by atoms with E-state index in [0.717, 1.165) is 12.7 Å². The average Bonchev–Trinajstić information content (AvgIpc) is 2.31. The minimum Gasteiger partial charge on any atom is -0.469 e. The van der Waals surface area contributed by atoms with Gasteiger partial charge in [0.1, 0.15) is 4.75 Å². The van der Waals surface area contributed by atoms with Gasteiger partial charge in [-0.3, -0.25) is 9.59 Å². The van der Waals surface area contributed by atoms with Gasteiger partial charge in [0.25, 0.3) is 0 Å². The maximum atomic E-state index is 11.7. The number of rotatable bonds is 8. The Morgan fingerprint density at radius 3 is 2.21 bits per heavy atom. The largest absolute Gasteiger partial charge is 0.469 e. The third-order valence-corrected chi connectivity index (χ3v) is 5.08. The van der Waals surface area contributed by atoms with Crippen molar-refractivity contribution >= 4 is 21.7 Å². The molecule has 112 valence electrons. The molecule has 0 aromatic heterocycles. The molecule has 0 saturated heterocycles. The Kier molecular flexibility index (Phi) is 7.04. The number of unbranched alkanes of at least 4 members (excludes halogenated alkanes) is 2. The van der Waals surface area contributed by atoms with E-state index in [1.807, 2.05) is 0 Å². The Morgan fingerprint density at radius 2 is 1.74 bits per heavy atom. The van der Waals surface area contributed by atoms with Crippen LogP contribution in [0.25, 0.3) is 0 Å². The molecule has 1 N–H and O–H groups in total. The number of sulfone groups is 1. The lowest BCUT2D eigenvalue weighted by atomic mass is 10.1. The highest BCUT2D eigenvalue weighted by atomic mass is 32.2. The molecule has 0 atom stereocenters. The molecule has 0 bridgehead atoms. The van der Waals surface area contributed by atoms with Gasteiger partial charge in [-0.1, -0.05) is 6.42 Å². The van der Waals surface area contributed by atoms with Gasteiger partial charge in [0, 0.05) is 19.2 Å². The van der Waals surface area contributed by atoms with Crippen LogP contribution in [0.3, 0.4) is 0 Å². The highest BCUT2D eigenvalue weighted by Crippen LogP contribution is 2.14. The van der Waals surface area contributed by atoms with E-state index in [0.29, 0.717) is 25.8 Å². The van der Waals surface area contributed by atoms with Crippen LogP contribution in [0.5, 0.6) is 0 Å². The summed E-state index contributed by atoms with van der Waals surface area (Å²) in [7, 11) is -2.09. The average molecular weight is 293 g/mol. The SMILES string of the molecule is COC(=O)CCCCCNC(=O)C(C)(C)S(C)(=O)=O. The van der Waals surface area contributed by atoms with Crippen molar-refractivity contribution in [2.45, 2.75) is 44.3 Å². The number of nitrogens with one attached hydrogen (secondary N) is 1. The molecule has 0 aliphatic heterocycles. The van der Waals surface area contributed by atoms with Crippen LogP contribution in [-0.2, 0) is 24.2 Å². The maximum absolute atomic E-state index is 11.7. The van der Waals surface area contributed by atoms with Crippen LogP contribution in [0.4, 0.5) is 0 Å². The summed E-state index contributed by atoms with van der Waals surface area (Å²) < 4.78 is 25.9. The van der Waals surface area contributed by atoms with Crippen LogP contribution in [0.1, 0.15) is 39.5 Å². The van der Waals surface area contributed by atoms with Gasteiger partial charge in [-0.05, 0) is 26.7 Å². The van der Waals surface area contributed by atoms with Crippen LogP contribution in [0.2, 0.25) is 0 Å². The van der Waals surface area contributed by atoms with Gasteiger partial charge in [-0.15, -0.1) is 0 Å². The molecule has 6 nitrogen and oxygen atoms in total.